The monoisotopic (exact) mass is 381 g/mol. The quantitative estimate of drug-likeness (QED) is 0.806. The van der Waals surface area contributed by atoms with E-state index < -0.39 is 5.41 Å². The maximum absolute atomic E-state index is 13.0. The minimum absolute atomic E-state index is 0.0271. The van der Waals surface area contributed by atoms with Gasteiger partial charge in [0.05, 0.1) is 5.41 Å². The highest BCUT2D eigenvalue weighted by molar-refractivity contribution is 5.97. The number of nitrogens with zero attached hydrogens (tertiary/aromatic N) is 1. The SMILES string of the molecule is CC1(C(=O)Nc2ccc(OCCN)cc2)CCCN(C(=O)c2ccccc2)C1. The summed E-state index contributed by atoms with van der Waals surface area (Å²) in [5.74, 6) is 0.612. The average molecular weight is 381 g/mol. The van der Waals surface area contributed by atoms with Crippen molar-refractivity contribution in [1.29, 1.82) is 0 Å². The number of hydrogen-bond donors (Lipinski definition) is 2. The fourth-order valence-corrected chi connectivity index (χ4v) is 3.45. The first-order valence-electron chi connectivity index (χ1n) is 9.60. The highest BCUT2D eigenvalue weighted by atomic mass is 16.5. The molecular formula is C22H27N3O3. The van der Waals surface area contributed by atoms with Crippen LogP contribution in [-0.2, 0) is 4.79 Å². The lowest BCUT2D eigenvalue weighted by Crippen LogP contribution is -2.50. The zero-order valence-electron chi connectivity index (χ0n) is 16.2. The van der Waals surface area contributed by atoms with Gasteiger partial charge in [0.2, 0.25) is 5.91 Å². The molecule has 1 aliphatic heterocycles. The zero-order chi connectivity index (χ0) is 20.0. The third-order valence-corrected chi connectivity index (χ3v) is 5.05. The van der Waals surface area contributed by atoms with E-state index in [1.165, 1.54) is 0 Å². The van der Waals surface area contributed by atoms with Gasteiger partial charge in [-0.2, -0.15) is 0 Å². The Kier molecular flexibility index (Phi) is 6.31. The number of piperidine rings is 1. The molecule has 1 aliphatic rings. The number of benzene rings is 2. The summed E-state index contributed by atoms with van der Waals surface area (Å²) >= 11 is 0. The van der Waals surface area contributed by atoms with Gasteiger partial charge in [-0.25, -0.2) is 0 Å². The van der Waals surface area contributed by atoms with Gasteiger partial charge in [-0.05, 0) is 56.2 Å². The van der Waals surface area contributed by atoms with Gasteiger partial charge in [0.15, 0.2) is 0 Å². The van der Waals surface area contributed by atoms with Crippen molar-refractivity contribution in [3.63, 3.8) is 0 Å². The van der Waals surface area contributed by atoms with Gasteiger partial charge >= 0.3 is 0 Å². The van der Waals surface area contributed by atoms with Gasteiger partial charge in [0, 0.05) is 30.9 Å². The molecule has 0 bridgehead atoms. The molecule has 3 rings (SSSR count). The predicted molar refractivity (Wildman–Crippen MR) is 109 cm³/mol. The number of hydrogen-bond acceptors (Lipinski definition) is 4. The van der Waals surface area contributed by atoms with Gasteiger partial charge < -0.3 is 20.7 Å². The number of amides is 2. The molecule has 28 heavy (non-hydrogen) atoms. The van der Waals surface area contributed by atoms with Crippen molar-refractivity contribution >= 4 is 17.5 Å². The molecule has 1 unspecified atom stereocenters. The summed E-state index contributed by atoms with van der Waals surface area (Å²) in [6, 6.07) is 16.4. The van der Waals surface area contributed by atoms with E-state index in [1.807, 2.05) is 49.4 Å². The summed E-state index contributed by atoms with van der Waals surface area (Å²) in [5.41, 5.74) is 6.16. The molecule has 148 valence electrons. The number of carbonyl (C=O) groups excluding carboxylic acids is 2. The van der Waals surface area contributed by atoms with Crippen molar-refractivity contribution in [2.75, 3.05) is 31.6 Å². The van der Waals surface area contributed by atoms with E-state index >= 15 is 0 Å². The second-order valence-corrected chi connectivity index (χ2v) is 7.37. The number of anilines is 1. The molecule has 1 atom stereocenters. The first-order chi connectivity index (χ1) is 13.5. The first-order valence-corrected chi connectivity index (χ1v) is 9.60. The maximum Gasteiger partial charge on any atom is 0.253 e. The van der Waals surface area contributed by atoms with Crippen LogP contribution in [0, 0.1) is 5.41 Å². The van der Waals surface area contributed by atoms with Gasteiger partial charge in [0.25, 0.3) is 5.91 Å². The molecule has 0 aliphatic carbocycles. The van der Waals surface area contributed by atoms with Crippen molar-refractivity contribution in [1.82, 2.24) is 4.90 Å². The largest absolute Gasteiger partial charge is 0.492 e. The zero-order valence-corrected chi connectivity index (χ0v) is 16.2. The van der Waals surface area contributed by atoms with E-state index in [-0.39, 0.29) is 11.8 Å². The number of ether oxygens (including phenoxy) is 1. The Morgan fingerprint density at radius 1 is 1.14 bits per heavy atom. The summed E-state index contributed by atoms with van der Waals surface area (Å²) in [7, 11) is 0. The summed E-state index contributed by atoms with van der Waals surface area (Å²) in [5, 5.41) is 2.98. The summed E-state index contributed by atoms with van der Waals surface area (Å²) < 4.78 is 5.45. The molecule has 1 saturated heterocycles. The van der Waals surface area contributed by atoms with Crippen LogP contribution in [0.3, 0.4) is 0 Å². The highest BCUT2D eigenvalue weighted by Gasteiger charge is 2.39. The second-order valence-electron chi connectivity index (χ2n) is 7.37. The highest BCUT2D eigenvalue weighted by Crippen LogP contribution is 2.32. The summed E-state index contributed by atoms with van der Waals surface area (Å²) in [6.45, 7) is 3.91. The number of rotatable bonds is 6. The van der Waals surface area contributed by atoms with Crippen molar-refractivity contribution in [2.24, 2.45) is 11.1 Å². The van der Waals surface area contributed by atoms with Gasteiger partial charge in [-0.3, -0.25) is 9.59 Å². The molecule has 1 fully saturated rings. The third kappa shape index (κ3) is 4.70. The van der Waals surface area contributed by atoms with E-state index in [0.717, 1.165) is 12.8 Å². The molecule has 0 aromatic heterocycles. The molecule has 0 radical (unpaired) electrons. The van der Waals surface area contributed by atoms with Gasteiger partial charge in [-0.1, -0.05) is 18.2 Å². The fourth-order valence-electron chi connectivity index (χ4n) is 3.45. The predicted octanol–water partition coefficient (Wildman–Crippen LogP) is 2.91. The van der Waals surface area contributed by atoms with Crippen LogP contribution in [0.1, 0.15) is 30.1 Å². The van der Waals surface area contributed by atoms with Crippen LogP contribution < -0.4 is 15.8 Å². The fraction of sp³-hybridized carbons (Fsp3) is 0.364. The van der Waals surface area contributed by atoms with Crippen LogP contribution >= 0.6 is 0 Å². The van der Waals surface area contributed by atoms with Crippen molar-refractivity contribution in [3.8, 4) is 5.75 Å². The van der Waals surface area contributed by atoms with E-state index in [2.05, 4.69) is 5.32 Å². The Morgan fingerprint density at radius 2 is 1.86 bits per heavy atom. The molecule has 2 aromatic carbocycles. The molecule has 0 saturated carbocycles. The number of likely N-dealkylation sites (tertiary alicyclic amines) is 1. The van der Waals surface area contributed by atoms with Crippen molar-refractivity contribution in [3.05, 3.63) is 60.2 Å². The normalized spacial score (nSPS) is 19.1. The Labute approximate surface area is 165 Å². The summed E-state index contributed by atoms with van der Waals surface area (Å²) in [4.78, 5) is 27.5. The number of carbonyl (C=O) groups is 2. The maximum atomic E-state index is 13.0. The molecular weight excluding hydrogens is 354 g/mol. The lowest BCUT2D eigenvalue weighted by atomic mass is 9.80. The molecule has 6 nitrogen and oxygen atoms in total. The van der Waals surface area contributed by atoms with Crippen LogP contribution in [0.25, 0.3) is 0 Å². The third-order valence-electron chi connectivity index (χ3n) is 5.05. The van der Waals surface area contributed by atoms with E-state index in [9.17, 15) is 9.59 Å². The molecule has 2 aromatic rings. The average Bonchev–Trinajstić information content (AvgIpc) is 2.73. The van der Waals surface area contributed by atoms with Crippen LogP contribution in [-0.4, -0.2) is 43.0 Å². The Hall–Kier alpha value is -2.86. The smallest absolute Gasteiger partial charge is 0.253 e. The lowest BCUT2D eigenvalue weighted by molar-refractivity contribution is -0.127. The topological polar surface area (TPSA) is 84.7 Å². The Morgan fingerprint density at radius 3 is 2.54 bits per heavy atom. The second kappa shape index (κ2) is 8.89. The standard InChI is InChI=1S/C22H27N3O3/c1-22(21(27)24-18-8-10-19(11-9-18)28-15-13-23)12-5-14-25(16-22)20(26)17-6-3-2-4-7-17/h2-4,6-11H,5,12-16,23H2,1H3,(H,24,27). The molecule has 0 spiro atoms. The summed E-state index contributed by atoms with van der Waals surface area (Å²) in [6.07, 6.45) is 1.55. The minimum Gasteiger partial charge on any atom is -0.492 e. The van der Waals surface area contributed by atoms with Crippen LogP contribution in [0.4, 0.5) is 5.69 Å². The Bertz CT molecular complexity index is 808. The Balaban J connectivity index is 1.64. The number of nitrogens with one attached hydrogen (secondary N) is 1. The van der Waals surface area contributed by atoms with Gasteiger partial charge in [0.1, 0.15) is 12.4 Å². The van der Waals surface area contributed by atoms with Gasteiger partial charge in [-0.15, -0.1) is 0 Å². The molecule has 3 N–H and O–H groups in total. The van der Waals surface area contributed by atoms with Crippen LogP contribution in [0.2, 0.25) is 0 Å². The number of nitrogens with two attached hydrogens (primary N) is 1. The van der Waals surface area contributed by atoms with E-state index in [0.29, 0.717) is 43.2 Å². The minimum atomic E-state index is -0.628. The van der Waals surface area contributed by atoms with Crippen LogP contribution in [0.15, 0.2) is 54.6 Å². The molecule has 2 amide bonds. The van der Waals surface area contributed by atoms with Crippen LogP contribution in [0.5, 0.6) is 5.75 Å². The first kappa shape index (κ1) is 19.9. The molecule has 1 heterocycles. The van der Waals surface area contributed by atoms with E-state index in [4.69, 9.17) is 10.5 Å². The molecule has 6 heteroatoms. The van der Waals surface area contributed by atoms with Crippen molar-refractivity contribution in [2.45, 2.75) is 19.8 Å². The van der Waals surface area contributed by atoms with E-state index in [1.54, 1.807) is 17.0 Å². The van der Waals surface area contributed by atoms with Crippen molar-refractivity contribution < 1.29 is 14.3 Å². The lowest BCUT2D eigenvalue weighted by Gasteiger charge is -2.39.